The molecular formula is C14H20N3O2. The Bertz CT molecular complexity index is 431. The largest absolute Gasteiger partial charge is 0.486 e. The van der Waals surface area contributed by atoms with Crippen molar-refractivity contribution in [1.29, 1.82) is 0 Å². The van der Waals surface area contributed by atoms with E-state index >= 15 is 0 Å². The van der Waals surface area contributed by atoms with E-state index < -0.39 is 0 Å². The molecule has 1 aromatic heterocycles. The number of piperidine rings is 1. The minimum Gasteiger partial charge on any atom is -0.486 e. The summed E-state index contributed by atoms with van der Waals surface area (Å²) in [6, 6.07) is 2.53. The average Bonchev–Trinajstić information content (AvgIpc) is 2.46. The Balaban J connectivity index is 1.55. The molecule has 1 radical (unpaired) electrons. The number of likely N-dealkylation sites (tertiary alicyclic amines) is 1. The Morgan fingerprint density at radius 3 is 2.79 bits per heavy atom. The number of pyridine rings is 1. The summed E-state index contributed by atoms with van der Waals surface area (Å²) in [7, 11) is 3.96. The van der Waals surface area contributed by atoms with E-state index in [1.807, 2.05) is 6.07 Å². The summed E-state index contributed by atoms with van der Waals surface area (Å²) in [5.74, 6) is 1.56. The molecule has 0 unspecified atom stereocenters. The highest BCUT2D eigenvalue weighted by Crippen LogP contribution is 2.29. The van der Waals surface area contributed by atoms with Gasteiger partial charge in [0.25, 0.3) is 0 Å². The molecule has 0 bridgehead atoms. The number of hydrogen-bond donors (Lipinski definition) is 1. The van der Waals surface area contributed by atoms with Crippen LogP contribution in [0.3, 0.4) is 0 Å². The lowest BCUT2D eigenvalue weighted by molar-refractivity contribution is 0.170. The van der Waals surface area contributed by atoms with Crippen LogP contribution in [0.1, 0.15) is 18.5 Å². The maximum atomic E-state index is 5.56. The molecular weight excluding hydrogens is 242 g/mol. The number of rotatable bonds is 3. The van der Waals surface area contributed by atoms with Gasteiger partial charge in [0.15, 0.2) is 11.5 Å². The van der Waals surface area contributed by atoms with E-state index in [0.717, 1.165) is 49.7 Å². The van der Waals surface area contributed by atoms with Gasteiger partial charge in [-0.25, -0.2) is 0 Å². The summed E-state index contributed by atoms with van der Waals surface area (Å²) in [6.07, 6.45) is 4.05. The van der Waals surface area contributed by atoms with Gasteiger partial charge in [0.2, 0.25) is 0 Å². The maximum Gasteiger partial charge on any atom is 0.179 e. The smallest absolute Gasteiger partial charge is 0.179 e. The molecule has 1 fully saturated rings. The highest BCUT2D eigenvalue weighted by molar-refractivity contribution is 5.39. The minimum atomic E-state index is 0.563. The van der Waals surface area contributed by atoms with Gasteiger partial charge in [0, 0.05) is 25.7 Å². The van der Waals surface area contributed by atoms with Crippen LogP contribution in [0.5, 0.6) is 11.5 Å². The minimum absolute atomic E-state index is 0.563. The summed E-state index contributed by atoms with van der Waals surface area (Å²) in [5.41, 5.74) is 1.00. The molecule has 3 heterocycles. The fourth-order valence-electron chi connectivity index (χ4n) is 2.47. The number of aromatic nitrogens is 1. The summed E-state index contributed by atoms with van der Waals surface area (Å²) >= 11 is 0. The first kappa shape index (κ1) is 12.7. The number of nitrogens with one attached hydrogen (secondary N) is 1. The van der Waals surface area contributed by atoms with Gasteiger partial charge in [-0.05, 0) is 25.9 Å². The zero-order valence-electron chi connectivity index (χ0n) is 11.1. The topological polar surface area (TPSA) is 46.6 Å². The van der Waals surface area contributed by atoms with Crippen molar-refractivity contribution in [2.24, 2.45) is 0 Å². The lowest BCUT2D eigenvalue weighted by Crippen LogP contribution is -2.39. The highest BCUT2D eigenvalue weighted by atomic mass is 16.6. The molecule has 0 amide bonds. The van der Waals surface area contributed by atoms with Gasteiger partial charge in [-0.15, -0.1) is 0 Å². The molecule has 3 rings (SSSR count). The van der Waals surface area contributed by atoms with Gasteiger partial charge < -0.3 is 19.7 Å². The molecule has 19 heavy (non-hydrogen) atoms. The van der Waals surface area contributed by atoms with Crippen molar-refractivity contribution in [3.63, 3.8) is 0 Å². The Labute approximate surface area is 113 Å². The zero-order chi connectivity index (χ0) is 13.1. The van der Waals surface area contributed by atoms with E-state index in [4.69, 9.17) is 9.47 Å². The van der Waals surface area contributed by atoms with Crippen LogP contribution in [-0.4, -0.2) is 42.2 Å². The van der Waals surface area contributed by atoms with Crippen LogP contribution in [0.15, 0.2) is 12.3 Å². The third kappa shape index (κ3) is 3.16. The van der Waals surface area contributed by atoms with E-state index in [9.17, 15) is 0 Å². The van der Waals surface area contributed by atoms with E-state index in [0.29, 0.717) is 19.3 Å². The van der Waals surface area contributed by atoms with E-state index in [1.54, 1.807) is 6.20 Å². The normalized spacial score (nSPS) is 20.5. The summed E-state index contributed by atoms with van der Waals surface area (Å²) in [4.78, 5) is 6.53. The van der Waals surface area contributed by atoms with Crippen LogP contribution in [0.2, 0.25) is 0 Å². The van der Waals surface area contributed by atoms with E-state index in [2.05, 4.69) is 22.2 Å². The van der Waals surface area contributed by atoms with E-state index in [-0.39, 0.29) is 0 Å². The second-order valence-electron chi connectivity index (χ2n) is 5.09. The Morgan fingerprint density at radius 1 is 1.26 bits per heavy atom. The molecule has 1 saturated heterocycles. The van der Waals surface area contributed by atoms with Crippen LogP contribution >= 0.6 is 0 Å². The number of fused-ring (bicyclic) bond motifs is 1. The predicted octanol–water partition coefficient (Wildman–Crippen LogP) is 1.20. The predicted molar refractivity (Wildman–Crippen MR) is 72.0 cm³/mol. The molecule has 5 nitrogen and oxygen atoms in total. The van der Waals surface area contributed by atoms with Gasteiger partial charge in [-0.3, -0.25) is 4.98 Å². The van der Waals surface area contributed by atoms with Gasteiger partial charge in [-0.1, -0.05) is 0 Å². The number of ether oxygens (including phenoxy) is 2. The summed E-state index contributed by atoms with van der Waals surface area (Å²) < 4.78 is 11.0. The second-order valence-corrected chi connectivity index (χ2v) is 5.09. The van der Waals surface area contributed by atoms with Gasteiger partial charge in [0.1, 0.15) is 13.2 Å². The SMILES string of the molecule is [CH2]N1CCC(NCc2cc3c(cn2)OCCO3)CC1. The molecule has 1 aromatic rings. The zero-order valence-corrected chi connectivity index (χ0v) is 11.1. The molecule has 5 heteroatoms. The molecule has 103 valence electrons. The molecule has 2 aliphatic heterocycles. The van der Waals surface area contributed by atoms with Gasteiger partial charge >= 0.3 is 0 Å². The standard InChI is InChI=1S/C14H20N3O2/c1-17-4-2-11(3-5-17)15-9-12-8-13-14(10-16-12)19-7-6-18-13/h8,10-11,15H,1-7,9H2. The molecule has 0 aromatic carbocycles. The summed E-state index contributed by atoms with van der Waals surface area (Å²) in [5, 5.41) is 3.55. The molecule has 0 spiro atoms. The van der Waals surface area contributed by atoms with Gasteiger partial charge in [0.05, 0.1) is 11.9 Å². The van der Waals surface area contributed by atoms with Gasteiger partial charge in [-0.2, -0.15) is 0 Å². The Hall–Kier alpha value is -1.33. The van der Waals surface area contributed by atoms with Crippen molar-refractivity contribution in [2.75, 3.05) is 26.3 Å². The summed E-state index contributed by atoms with van der Waals surface area (Å²) in [6.45, 7) is 4.12. The molecule has 0 saturated carbocycles. The second kappa shape index (κ2) is 5.75. The number of nitrogens with zero attached hydrogens (tertiary/aromatic N) is 2. The van der Waals surface area contributed by atoms with Crippen molar-refractivity contribution < 1.29 is 9.47 Å². The molecule has 0 atom stereocenters. The van der Waals surface area contributed by atoms with Crippen LogP contribution < -0.4 is 14.8 Å². The van der Waals surface area contributed by atoms with Crippen molar-refractivity contribution in [2.45, 2.75) is 25.4 Å². The first-order valence-corrected chi connectivity index (χ1v) is 6.84. The Kier molecular flexibility index (Phi) is 3.84. The van der Waals surface area contributed by atoms with E-state index in [1.165, 1.54) is 0 Å². The fraction of sp³-hybridized carbons (Fsp3) is 0.571. The quantitative estimate of drug-likeness (QED) is 0.887. The monoisotopic (exact) mass is 262 g/mol. The van der Waals surface area contributed by atoms with Crippen molar-refractivity contribution in [3.05, 3.63) is 25.0 Å². The van der Waals surface area contributed by atoms with Crippen LogP contribution in [0.25, 0.3) is 0 Å². The average molecular weight is 262 g/mol. The van der Waals surface area contributed by atoms with Crippen LogP contribution in [-0.2, 0) is 6.54 Å². The fourth-order valence-corrected chi connectivity index (χ4v) is 2.47. The Morgan fingerprint density at radius 2 is 2.00 bits per heavy atom. The maximum absolute atomic E-state index is 5.56. The lowest BCUT2D eigenvalue weighted by atomic mass is 10.1. The highest BCUT2D eigenvalue weighted by Gasteiger charge is 2.17. The van der Waals surface area contributed by atoms with Crippen molar-refractivity contribution in [1.82, 2.24) is 15.2 Å². The van der Waals surface area contributed by atoms with Crippen LogP contribution in [0, 0.1) is 7.05 Å². The van der Waals surface area contributed by atoms with Crippen LogP contribution in [0.4, 0.5) is 0 Å². The third-order valence-corrected chi connectivity index (χ3v) is 3.65. The number of hydrogen-bond acceptors (Lipinski definition) is 5. The molecule has 1 N–H and O–H groups in total. The molecule has 2 aliphatic rings. The molecule has 0 aliphatic carbocycles. The van der Waals surface area contributed by atoms with Crippen molar-refractivity contribution in [3.8, 4) is 11.5 Å². The first-order chi connectivity index (χ1) is 9.31. The lowest BCUT2D eigenvalue weighted by Gasteiger charge is -2.29. The van der Waals surface area contributed by atoms with Crippen molar-refractivity contribution >= 4 is 0 Å². The third-order valence-electron chi connectivity index (χ3n) is 3.65. The first-order valence-electron chi connectivity index (χ1n) is 6.84.